The van der Waals surface area contributed by atoms with E-state index < -0.39 is 29.8 Å². The standard InChI is InChI=1S/C22H25Cl2FN2O3S2/c23-5-7-31-17-9-15(10-18(13-17)32-8-6-24)11-19(26)21(28)27-20(22(29)30)12-14-1-3-16(25)4-2-14/h1-4,9-10,13,19-20H,5-8,11-12,26H2,(H,27,28)(H,29,30)/t19-,20?/m0/s1. The molecule has 0 heterocycles. The lowest BCUT2D eigenvalue weighted by Crippen LogP contribution is -2.50. The molecule has 2 aromatic rings. The number of halogens is 3. The van der Waals surface area contributed by atoms with Crippen LogP contribution in [0.2, 0.25) is 0 Å². The van der Waals surface area contributed by atoms with E-state index in [0.717, 1.165) is 26.9 Å². The number of thioether (sulfide) groups is 2. The van der Waals surface area contributed by atoms with Gasteiger partial charge in [0.1, 0.15) is 11.9 Å². The number of hydrogen-bond acceptors (Lipinski definition) is 5. The van der Waals surface area contributed by atoms with Crippen molar-refractivity contribution in [3.05, 3.63) is 59.4 Å². The molecule has 0 aliphatic rings. The molecule has 5 nitrogen and oxygen atoms in total. The van der Waals surface area contributed by atoms with Gasteiger partial charge in [0.25, 0.3) is 0 Å². The van der Waals surface area contributed by atoms with Crippen LogP contribution >= 0.6 is 46.7 Å². The Morgan fingerprint density at radius 1 is 0.969 bits per heavy atom. The third-order valence-corrected chi connectivity index (χ3v) is 7.17. The molecule has 32 heavy (non-hydrogen) atoms. The van der Waals surface area contributed by atoms with E-state index in [0.29, 0.717) is 17.3 Å². The second-order valence-electron chi connectivity index (χ2n) is 6.93. The van der Waals surface area contributed by atoms with Gasteiger partial charge in [-0.15, -0.1) is 46.7 Å². The molecule has 0 saturated heterocycles. The van der Waals surface area contributed by atoms with Gasteiger partial charge in [-0.3, -0.25) is 4.79 Å². The second kappa shape index (κ2) is 14.0. The predicted octanol–water partition coefficient (Wildman–Crippen LogP) is 4.17. The molecule has 174 valence electrons. The van der Waals surface area contributed by atoms with Gasteiger partial charge in [-0.05, 0) is 47.9 Å². The highest BCUT2D eigenvalue weighted by Crippen LogP contribution is 2.28. The highest BCUT2D eigenvalue weighted by molar-refractivity contribution is 8.00. The lowest BCUT2D eigenvalue weighted by atomic mass is 10.0. The summed E-state index contributed by atoms with van der Waals surface area (Å²) in [5.74, 6) is 0.378. The van der Waals surface area contributed by atoms with Gasteiger partial charge >= 0.3 is 5.97 Å². The van der Waals surface area contributed by atoms with E-state index >= 15 is 0 Å². The molecule has 1 amide bonds. The summed E-state index contributed by atoms with van der Waals surface area (Å²) in [7, 11) is 0. The molecule has 0 bridgehead atoms. The first kappa shape index (κ1) is 26.8. The van der Waals surface area contributed by atoms with Crippen molar-refractivity contribution in [2.75, 3.05) is 23.3 Å². The molecule has 4 N–H and O–H groups in total. The largest absolute Gasteiger partial charge is 0.480 e. The number of nitrogens with two attached hydrogens (primary N) is 1. The van der Waals surface area contributed by atoms with Crippen LogP contribution in [-0.2, 0) is 22.4 Å². The predicted molar refractivity (Wildman–Crippen MR) is 131 cm³/mol. The number of carbonyl (C=O) groups is 2. The number of amides is 1. The van der Waals surface area contributed by atoms with Crippen molar-refractivity contribution in [3.8, 4) is 0 Å². The van der Waals surface area contributed by atoms with Crippen molar-refractivity contribution in [2.24, 2.45) is 5.73 Å². The topological polar surface area (TPSA) is 92.4 Å². The van der Waals surface area contributed by atoms with E-state index in [2.05, 4.69) is 5.32 Å². The maximum atomic E-state index is 13.1. The molecular weight excluding hydrogens is 494 g/mol. The van der Waals surface area contributed by atoms with Crippen molar-refractivity contribution in [1.82, 2.24) is 5.32 Å². The monoisotopic (exact) mass is 518 g/mol. The lowest BCUT2D eigenvalue weighted by Gasteiger charge is -2.18. The van der Waals surface area contributed by atoms with E-state index in [-0.39, 0.29) is 12.8 Å². The number of carboxylic acid groups (broad SMARTS) is 1. The zero-order valence-corrected chi connectivity index (χ0v) is 20.4. The number of hydrogen-bond donors (Lipinski definition) is 3. The highest BCUT2D eigenvalue weighted by atomic mass is 35.5. The summed E-state index contributed by atoms with van der Waals surface area (Å²) in [6.45, 7) is 0. The Morgan fingerprint density at radius 3 is 2.03 bits per heavy atom. The summed E-state index contributed by atoms with van der Waals surface area (Å²) in [6, 6.07) is 9.34. The number of carbonyl (C=O) groups excluding carboxylic acids is 1. The third kappa shape index (κ3) is 9.19. The van der Waals surface area contributed by atoms with Crippen LogP contribution in [-0.4, -0.2) is 52.3 Å². The van der Waals surface area contributed by atoms with Crippen molar-refractivity contribution in [1.29, 1.82) is 0 Å². The fraction of sp³-hybridized carbons (Fsp3) is 0.364. The van der Waals surface area contributed by atoms with Crippen LogP contribution in [0.4, 0.5) is 4.39 Å². The first-order valence-electron chi connectivity index (χ1n) is 9.87. The summed E-state index contributed by atoms with van der Waals surface area (Å²) >= 11 is 14.8. The number of carboxylic acids is 1. The number of rotatable bonds is 13. The minimum atomic E-state index is -1.19. The molecule has 1 unspecified atom stereocenters. The summed E-state index contributed by atoms with van der Waals surface area (Å²) in [5, 5.41) is 12.0. The number of nitrogens with one attached hydrogen (secondary N) is 1. The molecule has 0 radical (unpaired) electrons. The van der Waals surface area contributed by atoms with Gasteiger partial charge in [0.2, 0.25) is 5.91 Å². The average molecular weight is 519 g/mol. The molecule has 0 saturated carbocycles. The fourth-order valence-corrected chi connectivity index (χ4v) is 4.96. The summed E-state index contributed by atoms with van der Waals surface area (Å²) in [6.07, 6.45) is 0.274. The van der Waals surface area contributed by atoms with Crippen LogP contribution in [0.25, 0.3) is 0 Å². The molecule has 0 fully saturated rings. The number of aliphatic carboxylic acids is 1. The third-order valence-electron chi connectivity index (χ3n) is 4.39. The zero-order chi connectivity index (χ0) is 23.5. The van der Waals surface area contributed by atoms with Crippen LogP contribution in [0.5, 0.6) is 0 Å². The number of alkyl halides is 2. The van der Waals surface area contributed by atoms with Gasteiger partial charge in [0, 0.05) is 39.5 Å². The number of benzene rings is 2. The van der Waals surface area contributed by atoms with Gasteiger partial charge in [-0.2, -0.15) is 0 Å². The van der Waals surface area contributed by atoms with E-state index in [1.54, 1.807) is 23.5 Å². The fourth-order valence-electron chi connectivity index (χ4n) is 2.91. The van der Waals surface area contributed by atoms with Gasteiger partial charge in [0.05, 0.1) is 6.04 Å². The minimum absolute atomic E-state index is 0.0256. The van der Waals surface area contributed by atoms with Crippen LogP contribution in [0.15, 0.2) is 52.3 Å². The van der Waals surface area contributed by atoms with Crippen molar-refractivity contribution >= 4 is 58.6 Å². The van der Waals surface area contributed by atoms with Crippen LogP contribution in [0.3, 0.4) is 0 Å². The van der Waals surface area contributed by atoms with Gasteiger partial charge in [-0.1, -0.05) is 12.1 Å². The first-order valence-corrected chi connectivity index (χ1v) is 12.9. The molecule has 2 atom stereocenters. The van der Waals surface area contributed by atoms with Crippen molar-refractivity contribution in [3.63, 3.8) is 0 Å². The van der Waals surface area contributed by atoms with Crippen LogP contribution in [0, 0.1) is 5.82 Å². The molecule has 0 spiro atoms. The van der Waals surface area contributed by atoms with Gasteiger partial charge in [0.15, 0.2) is 0 Å². The Bertz CT molecular complexity index is 877. The molecule has 0 aliphatic carbocycles. The Hall–Kier alpha value is -1.45. The van der Waals surface area contributed by atoms with Crippen LogP contribution < -0.4 is 11.1 Å². The summed E-state index contributed by atoms with van der Waals surface area (Å²) in [4.78, 5) is 26.3. The maximum absolute atomic E-state index is 13.1. The summed E-state index contributed by atoms with van der Waals surface area (Å²) in [5.41, 5.74) is 7.57. The highest BCUT2D eigenvalue weighted by Gasteiger charge is 2.24. The Labute approximate surface area is 205 Å². The van der Waals surface area contributed by atoms with Gasteiger partial charge < -0.3 is 16.2 Å². The van der Waals surface area contributed by atoms with Gasteiger partial charge in [-0.25, -0.2) is 9.18 Å². The van der Waals surface area contributed by atoms with Crippen molar-refractivity contribution in [2.45, 2.75) is 34.7 Å². The molecule has 10 heteroatoms. The van der Waals surface area contributed by atoms with Crippen molar-refractivity contribution < 1.29 is 19.1 Å². The van der Waals surface area contributed by atoms with E-state index in [1.165, 1.54) is 24.3 Å². The average Bonchev–Trinajstić information content (AvgIpc) is 2.76. The van der Waals surface area contributed by atoms with E-state index in [4.69, 9.17) is 28.9 Å². The lowest BCUT2D eigenvalue weighted by molar-refractivity contribution is -0.141. The SMILES string of the molecule is N[C@@H](Cc1cc(SCCCl)cc(SCCCl)c1)C(=O)NC(Cc1ccc(F)cc1)C(=O)O. The van der Waals surface area contributed by atoms with Crippen LogP contribution in [0.1, 0.15) is 11.1 Å². The minimum Gasteiger partial charge on any atom is -0.480 e. The molecule has 2 aromatic carbocycles. The second-order valence-corrected chi connectivity index (χ2v) is 10.0. The molecule has 0 aromatic heterocycles. The smallest absolute Gasteiger partial charge is 0.326 e. The summed E-state index contributed by atoms with van der Waals surface area (Å²) < 4.78 is 13.1. The zero-order valence-electron chi connectivity index (χ0n) is 17.2. The first-order chi connectivity index (χ1) is 15.3. The normalized spacial score (nSPS) is 12.9. The maximum Gasteiger partial charge on any atom is 0.326 e. The Balaban J connectivity index is 2.06. The molecule has 0 aliphatic heterocycles. The quantitative estimate of drug-likeness (QED) is 0.272. The Morgan fingerprint density at radius 2 is 1.53 bits per heavy atom. The molecular formula is C22H25Cl2FN2O3S2. The van der Waals surface area contributed by atoms with E-state index in [9.17, 15) is 19.1 Å². The molecule has 2 rings (SSSR count). The Kier molecular flexibility index (Phi) is 11.7. The van der Waals surface area contributed by atoms with E-state index in [1.807, 2.05) is 18.2 Å².